The SMILES string of the molecule is COc1c(O)cc2c(=O)oc3c(OC)c(O[C@H]4O[C@H](CO[C@H]5OC[C@@H](O[C@H]6OC[C@@H](O[C@H]7O[C@@H](C(=O)O)[C@H](O)[C@@H](O)[C@@H]7O)[C@@H](O)[C@@H]6O)[C@@H](O)[C@@H]5O)[C@H](O)[C@@H](O)[C@@H]4O)cc4c(=O)oc1c2c34. The Morgan fingerprint density at radius 3 is 1.72 bits per heavy atom. The minimum Gasteiger partial charge on any atom is -0.504 e. The molecule has 4 fully saturated rings. The monoisotopic (exact) mass is 932 g/mol. The number of phenols is 1. The average molecular weight is 933 g/mol. The molecule has 0 unspecified atom stereocenters. The molecule has 0 radical (unpaired) electrons. The zero-order valence-corrected chi connectivity index (χ0v) is 33.7. The standard InChI is InChI=1S/C38H44O27/c1-54-27-10(39)3-8-15-16-9(34(53)63-29(15)27)4-11(28(55-2)30(16)64-33(8)52)59-37-25(48)20(43)17(40)12(61-37)5-56-35-23(46)18(41)13(6-57-35)60-36-24(47)19(42)14(7-58-36)62-38-26(49)21(44)22(45)31(65-38)32(50)51/h3-4,12-14,17-26,31,35-49H,5-7H2,1-2H3,(H,50,51)/t12-,13-,14-,17+,18-,19-,20-,21-,22-,23+,24+,25+,26+,31-,35+,36-,37+,38+/m1/s1. The lowest BCUT2D eigenvalue weighted by molar-refractivity contribution is -0.355. The summed E-state index contributed by atoms with van der Waals surface area (Å²) < 4.78 is 65.8. The Balaban J connectivity index is 0.909. The summed E-state index contributed by atoms with van der Waals surface area (Å²) in [5.41, 5.74) is -2.57. The fourth-order valence-electron chi connectivity index (χ4n) is 8.05. The largest absolute Gasteiger partial charge is 0.504 e. The van der Waals surface area contributed by atoms with Crippen LogP contribution in [0, 0.1) is 0 Å². The van der Waals surface area contributed by atoms with Gasteiger partial charge in [-0.15, -0.1) is 0 Å². The fourth-order valence-corrected chi connectivity index (χ4v) is 8.05. The topological polar surface area (TPSA) is 413 Å². The highest BCUT2D eigenvalue weighted by molar-refractivity contribution is 6.22. The van der Waals surface area contributed by atoms with Crippen molar-refractivity contribution >= 4 is 38.7 Å². The van der Waals surface area contributed by atoms with E-state index in [1.807, 2.05) is 0 Å². The van der Waals surface area contributed by atoms with Gasteiger partial charge in [0.2, 0.25) is 17.8 Å². The van der Waals surface area contributed by atoms with Gasteiger partial charge in [-0.1, -0.05) is 0 Å². The maximum Gasteiger partial charge on any atom is 0.344 e. The molecule has 2 aromatic heterocycles. The summed E-state index contributed by atoms with van der Waals surface area (Å²) in [6.45, 7) is -1.83. The number of phenolic OH excluding ortho intramolecular Hbond substituents is 1. The van der Waals surface area contributed by atoms with Gasteiger partial charge in [0.25, 0.3) is 0 Å². The minimum absolute atomic E-state index is 0.0231. The molecule has 0 bridgehead atoms. The number of aliphatic hydroxyl groups excluding tert-OH is 10. The normalized spacial score (nSPS) is 38.0. The van der Waals surface area contributed by atoms with Crippen LogP contribution in [-0.2, 0) is 38.0 Å². The van der Waals surface area contributed by atoms with E-state index in [9.17, 15) is 75.7 Å². The summed E-state index contributed by atoms with van der Waals surface area (Å²) in [5.74, 6) is -3.09. The van der Waals surface area contributed by atoms with E-state index in [0.29, 0.717) is 0 Å². The maximum absolute atomic E-state index is 13.3. The molecular formula is C38H44O27. The van der Waals surface area contributed by atoms with Crippen molar-refractivity contribution in [2.75, 3.05) is 34.0 Å². The van der Waals surface area contributed by atoms with Gasteiger partial charge in [-0.2, -0.15) is 0 Å². The van der Waals surface area contributed by atoms with Crippen LogP contribution < -0.4 is 25.5 Å². The van der Waals surface area contributed by atoms with Crippen LogP contribution >= 0.6 is 0 Å². The second-order valence-electron chi connectivity index (χ2n) is 15.5. The lowest BCUT2D eigenvalue weighted by Crippen LogP contribution is -2.63. The molecule has 27 heteroatoms. The van der Waals surface area contributed by atoms with Crippen LogP contribution in [0.15, 0.2) is 30.6 Å². The molecule has 4 aliphatic heterocycles. The number of aliphatic hydroxyl groups is 10. The van der Waals surface area contributed by atoms with Gasteiger partial charge in [0.1, 0.15) is 79.4 Å². The number of benzene rings is 2. The van der Waals surface area contributed by atoms with Crippen molar-refractivity contribution in [2.45, 2.75) is 111 Å². The molecule has 18 atom stereocenters. The zero-order chi connectivity index (χ0) is 46.9. The van der Waals surface area contributed by atoms with Crippen LogP contribution in [0.2, 0.25) is 0 Å². The van der Waals surface area contributed by atoms with E-state index in [1.165, 1.54) is 14.2 Å². The molecule has 358 valence electrons. The summed E-state index contributed by atoms with van der Waals surface area (Å²) >= 11 is 0. The Bertz CT molecular complexity index is 2470. The van der Waals surface area contributed by atoms with Gasteiger partial charge in [-0.05, 0) is 12.1 Å². The van der Waals surface area contributed by atoms with Crippen molar-refractivity contribution < 1.29 is 122 Å². The number of rotatable bonds is 12. The van der Waals surface area contributed by atoms with E-state index in [4.69, 9.17) is 56.2 Å². The smallest absolute Gasteiger partial charge is 0.344 e. The van der Waals surface area contributed by atoms with E-state index in [2.05, 4.69) is 0 Å². The molecule has 0 aliphatic carbocycles. The third-order valence-electron chi connectivity index (χ3n) is 11.5. The molecular weight excluding hydrogens is 888 g/mol. The number of carbonyl (C=O) groups is 1. The van der Waals surface area contributed by atoms with Gasteiger partial charge in [-0.25, -0.2) is 14.4 Å². The predicted molar refractivity (Wildman–Crippen MR) is 203 cm³/mol. The van der Waals surface area contributed by atoms with Gasteiger partial charge in [0, 0.05) is 10.8 Å². The first-order valence-corrected chi connectivity index (χ1v) is 19.7. The summed E-state index contributed by atoms with van der Waals surface area (Å²) in [4.78, 5) is 37.9. The quantitative estimate of drug-likeness (QED) is 0.0465. The van der Waals surface area contributed by atoms with Crippen molar-refractivity contribution in [3.05, 3.63) is 33.0 Å². The first-order chi connectivity index (χ1) is 30.9. The second kappa shape index (κ2) is 18.2. The number of aliphatic carboxylic acids is 1. The summed E-state index contributed by atoms with van der Waals surface area (Å²) in [6, 6.07) is 2.19. The first-order valence-electron chi connectivity index (χ1n) is 19.7. The molecule has 65 heavy (non-hydrogen) atoms. The summed E-state index contributed by atoms with van der Waals surface area (Å²) in [6.07, 6.45) is -32.9. The Labute approximate surface area is 361 Å². The van der Waals surface area contributed by atoms with Gasteiger partial charge in [-0.3, -0.25) is 0 Å². The third kappa shape index (κ3) is 8.20. The van der Waals surface area contributed by atoms with Crippen molar-refractivity contribution in [2.24, 2.45) is 0 Å². The van der Waals surface area contributed by atoms with Crippen molar-refractivity contribution in [3.63, 3.8) is 0 Å². The zero-order valence-electron chi connectivity index (χ0n) is 33.7. The van der Waals surface area contributed by atoms with E-state index < -0.39 is 153 Å². The molecule has 27 nitrogen and oxygen atoms in total. The Hall–Kier alpha value is -4.63. The fraction of sp³-hybridized carbons (Fsp3) is 0.605. The second-order valence-corrected chi connectivity index (χ2v) is 15.5. The highest BCUT2D eigenvalue weighted by Crippen LogP contribution is 2.46. The van der Waals surface area contributed by atoms with Crippen molar-refractivity contribution in [1.29, 1.82) is 0 Å². The Morgan fingerprint density at radius 1 is 0.615 bits per heavy atom. The number of carboxylic acids is 1. The number of methoxy groups -OCH3 is 2. The molecule has 4 aliphatic rings. The lowest BCUT2D eigenvalue weighted by Gasteiger charge is -2.44. The number of carboxylic acid groups (broad SMARTS) is 1. The minimum atomic E-state index is -2.01. The van der Waals surface area contributed by atoms with Gasteiger partial charge in [0.15, 0.2) is 47.6 Å². The Kier molecular flexibility index (Phi) is 13.1. The van der Waals surface area contributed by atoms with Crippen LogP contribution in [-0.4, -0.2) is 212 Å². The van der Waals surface area contributed by atoms with Crippen LogP contribution in [0.1, 0.15) is 0 Å². The molecule has 6 heterocycles. The van der Waals surface area contributed by atoms with Gasteiger partial charge >= 0.3 is 17.2 Å². The van der Waals surface area contributed by atoms with E-state index in [0.717, 1.165) is 12.1 Å². The number of aromatic hydroxyl groups is 1. The van der Waals surface area contributed by atoms with Crippen LogP contribution in [0.25, 0.3) is 32.7 Å². The molecule has 12 N–H and O–H groups in total. The van der Waals surface area contributed by atoms with Gasteiger partial charge < -0.3 is 117 Å². The summed E-state index contributed by atoms with van der Waals surface area (Å²) in [7, 11) is 2.37. The van der Waals surface area contributed by atoms with Crippen LogP contribution in [0.4, 0.5) is 0 Å². The molecule has 0 amide bonds. The predicted octanol–water partition coefficient (Wildman–Crippen LogP) is -5.76. The van der Waals surface area contributed by atoms with E-state index in [-0.39, 0.29) is 50.0 Å². The molecule has 2 aromatic carbocycles. The van der Waals surface area contributed by atoms with Gasteiger partial charge in [0.05, 0.1) is 44.8 Å². The molecule has 4 aromatic rings. The summed E-state index contributed by atoms with van der Waals surface area (Å²) in [5, 5.41) is 125. The van der Waals surface area contributed by atoms with Crippen molar-refractivity contribution in [3.8, 4) is 23.0 Å². The molecule has 0 spiro atoms. The Morgan fingerprint density at radius 2 is 1.12 bits per heavy atom. The number of hydrogen-bond donors (Lipinski definition) is 12. The maximum atomic E-state index is 13.3. The van der Waals surface area contributed by atoms with Crippen LogP contribution in [0.3, 0.4) is 0 Å². The lowest BCUT2D eigenvalue weighted by atomic mass is 9.98. The molecule has 0 saturated carbocycles. The average Bonchev–Trinajstić information content (AvgIpc) is 3.27. The number of ether oxygens (including phenoxy) is 10. The highest BCUT2D eigenvalue weighted by Gasteiger charge is 2.52. The van der Waals surface area contributed by atoms with Crippen molar-refractivity contribution in [1.82, 2.24) is 0 Å². The molecule has 8 rings (SSSR count). The van der Waals surface area contributed by atoms with Crippen LogP contribution in [0.5, 0.6) is 23.0 Å². The molecule has 4 saturated heterocycles. The third-order valence-corrected chi connectivity index (χ3v) is 11.5. The highest BCUT2D eigenvalue weighted by atomic mass is 16.8. The van der Waals surface area contributed by atoms with E-state index in [1.54, 1.807) is 0 Å². The first kappa shape index (κ1) is 46.9. The number of hydrogen-bond acceptors (Lipinski definition) is 26. The van der Waals surface area contributed by atoms with E-state index >= 15 is 0 Å².